The van der Waals surface area contributed by atoms with E-state index in [9.17, 15) is 18.7 Å². The molecule has 0 saturated carbocycles. The summed E-state index contributed by atoms with van der Waals surface area (Å²) in [5.41, 5.74) is -1.69. The van der Waals surface area contributed by atoms with Crippen LogP contribution in [-0.4, -0.2) is 38.8 Å². The van der Waals surface area contributed by atoms with Crippen LogP contribution in [0.15, 0.2) is 65.7 Å². The maximum atomic E-state index is 14.8. The van der Waals surface area contributed by atoms with Crippen LogP contribution < -0.4 is 5.69 Å². The van der Waals surface area contributed by atoms with Crippen molar-refractivity contribution in [3.8, 4) is 10.7 Å². The predicted molar refractivity (Wildman–Crippen MR) is 116 cm³/mol. The molecular formula is C21H17F2N7O2S. The summed E-state index contributed by atoms with van der Waals surface area (Å²) in [6, 6.07) is 3.55. The van der Waals surface area contributed by atoms with E-state index in [2.05, 4.69) is 20.1 Å². The molecular weight excluding hydrogens is 452 g/mol. The topological polar surface area (TPSA) is 103 Å². The summed E-state index contributed by atoms with van der Waals surface area (Å²) in [7, 11) is 0. The fourth-order valence-corrected chi connectivity index (χ4v) is 4.41. The molecule has 168 valence electrons. The van der Waals surface area contributed by atoms with E-state index in [0.29, 0.717) is 22.4 Å². The van der Waals surface area contributed by atoms with E-state index in [1.807, 2.05) is 0 Å². The predicted octanol–water partition coefficient (Wildman–Crippen LogP) is 2.64. The van der Waals surface area contributed by atoms with Gasteiger partial charge in [-0.25, -0.2) is 33.2 Å². The van der Waals surface area contributed by atoms with Gasteiger partial charge in [0.25, 0.3) is 0 Å². The van der Waals surface area contributed by atoms with Crippen molar-refractivity contribution in [3.63, 3.8) is 0 Å². The molecule has 5 rings (SSSR count). The molecule has 33 heavy (non-hydrogen) atoms. The first-order valence-corrected chi connectivity index (χ1v) is 10.8. The second-order valence-corrected chi connectivity index (χ2v) is 8.41. The van der Waals surface area contributed by atoms with Gasteiger partial charge in [-0.1, -0.05) is 6.07 Å². The minimum Gasteiger partial charge on any atom is -0.381 e. The summed E-state index contributed by atoms with van der Waals surface area (Å²) < 4.78 is 32.3. The van der Waals surface area contributed by atoms with Crippen LogP contribution in [0.25, 0.3) is 16.3 Å². The van der Waals surface area contributed by atoms with Crippen molar-refractivity contribution in [2.75, 3.05) is 0 Å². The van der Waals surface area contributed by atoms with Gasteiger partial charge in [-0.2, -0.15) is 5.10 Å². The van der Waals surface area contributed by atoms with Gasteiger partial charge in [-0.15, -0.1) is 11.3 Å². The Labute approximate surface area is 189 Å². The third kappa shape index (κ3) is 3.62. The first-order valence-electron chi connectivity index (χ1n) is 9.87. The lowest BCUT2D eigenvalue weighted by Crippen LogP contribution is -2.44. The Bertz CT molecular complexity index is 1480. The number of fused-ring (bicyclic) bond motifs is 1. The fraction of sp³-hybridized carbons (Fsp3) is 0.190. The number of hydrogen-bond donors (Lipinski definition) is 1. The van der Waals surface area contributed by atoms with E-state index >= 15 is 0 Å². The smallest absolute Gasteiger partial charge is 0.334 e. The van der Waals surface area contributed by atoms with Gasteiger partial charge in [0, 0.05) is 35.6 Å². The molecule has 0 bridgehead atoms. The van der Waals surface area contributed by atoms with Gasteiger partial charge in [-0.05, 0) is 19.1 Å². The Kier molecular flexibility index (Phi) is 5.10. The van der Waals surface area contributed by atoms with Gasteiger partial charge in [0.1, 0.15) is 46.2 Å². The Hall–Kier alpha value is -3.77. The fourth-order valence-electron chi connectivity index (χ4n) is 3.82. The minimum absolute atomic E-state index is 0.173. The molecule has 0 aliphatic carbocycles. The van der Waals surface area contributed by atoms with Crippen LogP contribution in [-0.2, 0) is 12.1 Å². The van der Waals surface area contributed by atoms with Crippen LogP contribution >= 0.6 is 11.3 Å². The van der Waals surface area contributed by atoms with E-state index in [1.165, 1.54) is 49.9 Å². The molecule has 1 N–H and O–H groups in total. The van der Waals surface area contributed by atoms with Crippen molar-refractivity contribution in [1.29, 1.82) is 0 Å². The van der Waals surface area contributed by atoms with E-state index < -0.39 is 29.0 Å². The highest BCUT2D eigenvalue weighted by atomic mass is 32.1. The number of hydrogen-bond acceptors (Lipinski definition) is 7. The van der Waals surface area contributed by atoms with Gasteiger partial charge < -0.3 is 5.11 Å². The van der Waals surface area contributed by atoms with E-state index in [4.69, 9.17) is 0 Å². The van der Waals surface area contributed by atoms with Gasteiger partial charge in [0.2, 0.25) is 0 Å². The molecule has 0 amide bonds. The van der Waals surface area contributed by atoms with E-state index in [0.717, 1.165) is 6.07 Å². The molecule has 5 aromatic rings. The minimum atomic E-state index is -1.97. The lowest BCUT2D eigenvalue weighted by atomic mass is 9.86. The third-order valence-electron chi connectivity index (χ3n) is 5.57. The lowest BCUT2D eigenvalue weighted by molar-refractivity contribution is -0.0346. The average molecular weight is 469 g/mol. The van der Waals surface area contributed by atoms with Gasteiger partial charge >= 0.3 is 5.69 Å². The number of imidazole rings is 1. The van der Waals surface area contributed by atoms with Crippen LogP contribution in [0.4, 0.5) is 8.78 Å². The molecule has 2 unspecified atom stereocenters. The number of benzene rings is 1. The van der Waals surface area contributed by atoms with Crippen LogP contribution in [0.2, 0.25) is 0 Å². The van der Waals surface area contributed by atoms with Crippen LogP contribution in [0.1, 0.15) is 18.5 Å². The van der Waals surface area contributed by atoms with Crippen LogP contribution in [0, 0.1) is 11.6 Å². The maximum absolute atomic E-state index is 14.8. The molecule has 4 aromatic heterocycles. The zero-order chi connectivity index (χ0) is 23.2. The van der Waals surface area contributed by atoms with Crippen molar-refractivity contribution in [1.82, 2.24) is 33.7 Å². The van der Waals surface area contributed by atoms with Crippen molar-refractivity contribution in [2.24, 2.45) is 0 Å². The summed E-state index contributed by atoms with van der Waals surface area (Å²) >= 11 is 1.39. The second-order valence-electron chi connectivity index (χ2n) is 7.51. The largest absolute Gasteiger partial charge is 0.381 e. The summed E-state index contributed by atoms with van der Waals surface area (Å²) in [6.07, 6.45) is 7.33. The number of aromatic nitrogens is 7. The highest BCUT2D eigenvalue weighted by molar-refractivity contribution is 7.13. The average Bonchev–Trinajstić information content (AvgIpc) is 3.54. The molecule has 4 heterocycles. The van der Waals surface area contributed by atoms with Crippen LogP contribution in [0.5, 0.6) is 0 Å². The Morgan fingerprint density at radius 2 is 2.12 bits per heavy atom. The monoisotopic (exact) mass is 469 g/mol. The zero-order valence-electron chi connectivity index (χ0n) is 17.2. The number of rotatable bonds is 6. The van der Waals surface area contributed by atoms with E-state index in [-0.39, 0.29) is 12.1 Å². The Morgan fingerprint density at radius 3 is 2.82 bits per heavy atom. The van der Waals surface area contributed by atoms with Crippen molar-refractivity contribution in [3.05, 3.63) is 88.6 Å². The normalized spacial score (nSPS) is 14.4. The number of nitrogens with zero attached hydrogens (tertiary/aromatic N) is 7. The van der Waals surface area contributed by atoms with Crippen LogP contribution in [0.3, 0.4) is 0 Å². The zero-order valence-corrected chi connectivity index (χ0v) is 18.0. The van der Waals surface area contributed by atoms with E-state index in [1.54, 1.807) is 30.8 Å². The molecule has 2 atom stereocenters. The Morgan fingerprint density at radius 1 is 1.27 bits per heavy atom. The summed E-state index contributed by atoms with van der Waals surface area (Å²) in [4.78, 5) is 25.8. The van der Waals surface area contributed by atoms with Gasteiger partial charge in [0.05, 0.1) is 12.6 Å². The van der Waals surface area contributed by atoms with Crippen molar-refractivity contribution >= 4 is 17.0 Å². The molecule has 9 nitrogen and oxygen atoms in total. The first-order chi connectivity index (χ1) is 15.9. The molecule has 12 heteroatoms. The summed E-state index contributed by atoms with van der Waals surface area (Å²) in [6.45, 7) is 1.35. The SMILES string of the molecule is CC(n1ccc2nc(-c3nccs3)cn2c1=O)C(O)(Cn1cncn1)c1ccc(F)cc1F. The highest BCUT2D eigenvalue weighted by Gasteiger charge is 2.41. The molecule has 0 saturated heterocycles. The molecule has 1 aromatic carbocycles. The second kappa shape index (κ2) is 7.98. The summed E-state index contributed by atoms with van der Waals surface area (Å²) in [5, 5.41) is 18.2. The third-order valence-corrected chi connectivity index (χ3v) is 6.37. The summed E-state index contributed by atoms with van der Waals surface area (Å²) in [5.74, 6) is -1.72. The van der Waals surface area contributed by atoms with Crippen molar-refractivity contribution in [2.45, 2.75) is 25.1 Å². The molecule has 0 aliphatic rings. The highest BCUT2D eigenvalue weighted by Crippen LogP contribution is 2.36. The molecule has 0 spiro atoms. The Balaban J connectivity index is 1.64. The molecule has 0 aliphatic heterocycles. The molecule has 0 fully saturated rings. The first kappa shape index (κ1) is 21.1. The maximum Gasteiger partial charge on any atom is 0.334 e. The number of halogens is 2. The lowest BCUT2D eigenvalue weighted by Gasteiger charge is -2.35. The molecule has 0 radical (unpaired) electrons. The standard InChI is InChI=1S/C21H17F2N7O2S/c1-13(21(32,10-28-12-24-11-26-28)15-3-2-14(22)8-16(15)23)29-6-4-18-27-17(9-30(18)20(29)31)19-25-5-7-33-19/h2-9,11-13,32H,10H2,1H3. The van der Waals surface area contributed by atoms with Crippen molar-refractivity contribution < 1.29 is 13.9 Å². The van der Waals surface area contributed by atoms with Gasteiger partial charge in [-0.3, -0.25) is 8.97 Å². The number of thiazole rings is 1. The number of aliphatic hydroxyl groups is 1. The van der Waals surface area contributed by atoms with Gasteiger partial charge in [0.15, 0.2) is 0 Å². The quantitative estimate of drug-likeness (QED) is 0.410.